The van der Waals surface area contributed by atoms with Crippen LogP contribution in [-0.4, -0.2) is 41.4 Å². The number of ether oxygens (including phenoxy) is 2. The van der Waals surface area contributed by atoms with Gasteiger partial charge in [-0.3, -0.25) is 0 Å². The molecule has 0 amide bonds. The lowest BCUT2D eigenvalue weighted by Crippen LogP contribution is -2.11. The number of hydrogen-bond donors (Lipinski definition) is 1. The van der Waals surface area contributed by atoms with E-state index >= 15 is 0 Å². The molecular formula is C17H19N3O4S. The van der Waals surface area contributed by atoms with Gasteiger partial charge in [-0.25, -0.2) is 19.6 Å². The van der Waals surface area contributed by atoms with Crippen LogP contribution in [0, 0.1) is 0 Å². The van der Waals surface area contributed by atoms with Crippen molar-refractivity contribution in [2.75, 3.05) is 24.8 Å². The van der Waals surface area contributed by atoms with Crippen LogP contribution in [0.4, 0.5) is 11.5 Å². The second kappa shape index (κ2) is 9.03. The van der Waals surface area contributed by atoms with Gasteiger partial charge in [0.1, 0.15) is 11.4 Å². The van der Waals surface area contributed by atoms with Crippen molar-refractivity contribution in [3.8, 4) is 0 Å². The van der Waals surface area contributed by atoms with E-state index in [1.54, 1.807) is 38.1 Å². The summed E-state index contributed by atoms with van der Waals surface area (Å²) >= 11 is 1.35. The first-order chi connectivity index (χ1) is 12.1. The van der Waals surface area contributed by atoms with E-state index in [4.69, 9.17) is 9.47 Å². The van der Waals surface area contributed by atoms with Crippen molar-refractivity contribution in [2.45, 2.75) is 19.0 Å². The summed E-state index contributed by atoms with van der Waals surface area (Å²) in [4.78, 5) is 32.4. The minimum atomic E-state index is -0.515. The highest BCUT2D eigenvalue weighted by molar-refractivity contribution is 7.98. The van der Waals surface area contributed by atoms with Gasteiger partial charge >= 0.3 is 11.9 Å². The monoisotopic (exact) mass is 361 g/mol. The molecule has 1 aromatic heterocycles. The van der Waals surface area contributed by atoms with Crippen molar-refractivity contribution in [3.05, 3.63) is 41.6 Å². The lowest BCUT2D eigenvalue weighted by molar-refractivity contribution is 0.0516. The van der Waals surface area contributed by atoms with Gasteiger partial charge in [0.25, 0.3) is 0 Å². The average Bonchev–Trinajstić information content (AvgIpc) is 2.62. The Kier molecular flexibility index (Phi) is 6.76. The summed E-state index contributed by atoms with van der Waals surface area (Å²) in [7, 11) is 0. The fourth-order valence-corrected chi connectivity index (χ4v) is 2.33. The molecule has 0 aliphatic heterocycles. The van der Waals surface area contributed by atoms with Gasteiger partial charge in [0, 0.05) is 11.9 Å². The largest absolute Gasteiger partial charge is 0.462 e. The molecule has 7 nitrogen and oxygen atoms in total. The summed E-state index contributed by atoms with van der Waals surface area (Å²) in [5.41, 5.74) is 1.23. The van der Waals surface area contributed by atoms with Gasteiger partial charge in [-0.1, -0.05) is 17.8 Å². The summed E-state index contributed by atoms with van der Waals surface area (Å²) in [5.74, 6) is -0.609. The third-order valence-electron chi connectivity index (χ3n) is 3.08. The second-order valence-electron chi connectivity index (χ2n) is 4.77. The Labute approximate surface area is 150 Å². The predicted molar refractivity (Wildman–Crippen MR) is 95.5 cm³/mol. The van der Waals surface area contributed by atoms with Gasteiger partial charge in [-0.2, -0.15) is 0 Å². The van der Waals surface area contributed by atoms with E-state index in [9.17, 15) is 9.59 Å². The normalized spacial score (nSPS) is 10.2. The smallest absolute Gasteiger partial charge is 0.343 e. The number of nitrogens with zero attached hydrogens (tertiary/aromatic N) is 2. The van der Waals surface area contributed by atoms with Gasteiger partial charge in [0.15, 0.2) is 5.16 Å². The van der Waals surface area contributed by atoms with E-state index in [-0.39, 0.29) is 12.2 Å². The molecule has 2 aromatic rings. The van der Waals surface area contributed by atoms with Crippen LogP contribution in [0.5, 0.6) is 0 Å². The van der Waals surface area contributed by atoms with Crippen molar-refractivity contribution in [1.29, 1.82) is 0 Å². The molecule has 25 heavy (non-hydrogen) atoms. The zero-order chi connectivity index (χ0) is 18.2. The summed E-state index contributed by atoms with van der Waals surface area (Å²) in [6.45, 7) is 4.02. The molecule has 2 rings (SSSR count). The van der Waals surface area contributed by atoms with Crippen LogP contribution >= 0.6 is 11.8 Å². The Morgan fingerprint density at radius 3 is 2.56 bits per heavy atom. The van der Waals surface area contributed by atoms with Crippen LogP contribution in [0.15, 0.2) is 35.6 Å². The Morgan fingerprint density at radius 1 is 1.16 bits per heavy atom. The number of carbonyl (C=O) groups excluding carboxylic acids is 2. The van der Waals surface area contributed by atoms with E-state index in [0.717, 1.165) is 0 Å². The summed E-state index contributed by atoms with van der Waals surface area (Å²) in [6, 6.07) is 6.77. The molecule has 0 aliphatic rings. The first-order valence-electron chi connectivity index (χ1n) is 7.71. The van der Waals surface area contributed by atoms with E-state index < -0.39 is 11.9 Å². The lowest BCUT2D eigenvalue weighted by atomic mass is 10.2. The maximum Gasteiger partial charge on any atom is 0.343 e. The molecule has 1 aromatic carbocycles. The molecule has 0 saturated carbocycles. The zero-order valence-electron chi connectivity index (χ0n) is 14.2. The van der Waals surface area contributed by atoms with Crippen LogP contribution in [0.3, 0.4) is 0 Å². The third-order valence-corrected chi connectivity index (χ3v) is 3.64. The Balaban J connectivity index is 2.33. The maximum atomic E-state index is 12.1. The predicted octanol–water partition coefficient (Wildman–Crippen LogP) is 3.30. The van der Waals surface area contributed by atoms with E-state index in [1.165, 1.54) is 18.0 Å². The van der Waals surface area contributed by atoms with Gasteiger partial charge in [0.05, 0.1) is 18.8 Å². The van der Waals surface area contributed by atoms with E-state index in [0.29, 0.717) is 28.8 Å². The number of carbonyl (C=O) groups is 2. The first kappa shape index (κ1) is 18.7. The zero-order valence-corrected chi connectivity index (χ0v) is 15.1. The molecular weight excluding hydrogens is 342 g/mol. The molecule has 132 valence electrons. The third kappa shape index (κ3) is 4.93. The Hall–Kier alpha value is -2.61. The average molecular weight is 361 g/mol. The SMILES string of the molecule is CCOC(=O)c1cccc(Nc2nc(SC)ncc2C(=O)OCC)c1. The minimum Gasteiger partial charge on any atom is -0.462 e. The van der Waals surface area contributed by atoms with E-state index in [1.807, 2.05) is 6.26 Å². The molecule has 0 saturated heterocycles. The van der Waals surface area contributed by atoms with Crippen LogP contribution in [0.1, 0.15) is 34.6 Å². The summed E-state index contributed by atoms with van der Waals surface area (Å²) in [6.07, 6.45) is 3.26. The maximum absolute atomic E-state index is 12.1. The summed E-state index contributed by atoms with van der Waals surface area (Å²) < 4.78 is 10.0. The molecule has 0 atom stereocenters. The number of rotatable bonds is 7. The molecule has 0 aliphatic carbocycles. The number of esters is 2. The van der Waals surface area contributed by atoms with Crippen molar-refractivity contribution < 1.29 is 19.1 Å². The number of hydrogen-bond acceptors (Lipinski definition) is 8. The van der Waals surface area contributed by atoms with Gasteiger partial charge in [0.2, 0.25) is 0 Å². The molecule has 0 unspecified atom stereocenters. The first-order valence-corrected chi connectivity index (χ1v) is 8.93. The van der Waals surface area contributed by atoms with Gasteiger partial charge in [-0.05, 0) is 38.3 Å². The molecule has 1 heterocycles. The minimum absolute atomic E-state index is 0.223. The highest BCUT2D eigenvalue weighted by Crippen LogP contribution is 2.22. The molecule has 0 fully saturated rings. The van der Waals surface area contributed by atoms with Crippen LogP contribution < -0.4 is 5.32 Å². The molecule has 0 radical (unpaired) electrons. The number of anilines is 2. The summed E-state index contributed by atoms with van der Waals surface area (Å²) in [5, 5.41) is 3.56. The molecule has 0 spiro atoms. The standard InChI is InChI=1S/C17H19N3O4S/c1-4-23-15(21)11-7-6-8-12(9-11)19-14-13(16(22)24-5-2)10-18-17(20-14)25-3/h6-10H,4-5H2,1-3H3,(H,18,19,20). The van der Waals surface area contributed by atoms with Crippen LogP contribution in [-0.2, 0) is 9.47 Å². The number of nitrogens with one attached hydrogen (secondary N) is 1. The molecule has 0 bridgehead atoms. The highest BCUT2D eigenvalue weighted by Gasteiger charge is 2.16. The van der Waals surface area contributed by atoms with Crippen LogP contribution in [0.2, 0.25) is 0 Å². The Morgan fingerprint density at radius 2 is 1.88 bits per heavy atom. The molecule has 8 heteroatoms. The van der Waals surface area contributed by atoms with E-state index in [2.05, 4.69) is 15.3 Å². The Bertz CT molecular complexity index is 767. The second-order valence-corrected chi connectivity index (χ2v) is 5.54. The van der Waals surface area contributed by atoms with Crippen molar-refractivity contribution >= 4 is 35.2 Å². The topological polar surface area (TPSA) is 90.4 Å². The fourth-order valence-electron chi connectivity index (χ4n) is 1.99. The quantitative estimate of drug-likeness (QED) is 0.456. The lowest BCUT2D eigenvalue weighted by Gasteiger charge is -2.12. The van der Waals surface area contributed by atoms with Gasteiger partial charge in [-0.15, -0.1) is 0 Å². The number of thioether (sulfide) groups is 1. The van der Waals surface area contributed by atoms with Crippen molar-refractivity contribution in [1.82, 2.24) is 9.97 Å². The van der Waals surface area contributed by atoms with Crippen molar-refractivity contribution in [3.63, 3.8) is 0 Å². The molecule has 1 N–H and O–H groups in total. The fraction of sp³-hybridized carbons (Fsp3) is 0.294. The van der Waals surface area contributed by atoms with Crippen molar-refractivity contribution in [2.24, 2.45) is 0 Å². The van der Waals surface area contributed by atoms with Crippen LogP contribution in [0.25, 0.3) is 0 Å². The highest BCUT2D eigenvalue weighted by atomic mass is 32.2. The van der Waals surface area contributed by atoms with Gasteiger partial charge < -0.3 is 14.8 Å². The number of aromatic nitrogens is 2. The number of benzene rings is 1.